The summed E-state index contributed by atoms with van der Waals surface area (Å²) in [6, 6.07) is 10.7. The molecule has 0 saturated carbocycles. The van der Waals surface area contributed by atoms with Gasteiger partial charge in [0.2, 0.25) is 5.90 Å². The summed E-state index contributed by atoms with van der Waals surface area (Å²) in [6.45, 7) is 5.36. The van der Waals surface area contributed by atoms with Crippen molar-refractivity contribution in [2.75, 3.05) is 6.61 Å². The molecule has 144 valence electrons. The zero-order valence-corrected chi connectivity index (χ0v) is 16.4. The van der Waals surface area contributed by atoms with Crippen LogP contribution in [-0.4, -0.2) is 24.4 Å². The molecule has 0 saturated heterocycles. The highest BCUT2D eigenvalue weighted by Gasteiger charge is 2.24. The maximum Gasteiger partial charge on any atom is 0.363 e. The number of aryl methyl sites for hydroxylation is 1. The Hall–Kier alpha value is -3.12. The molecule has 0 aromatic heterocycles. The number of hydrogen-bond donors (Lipinski definition) is 0. The van der Waals surface area contributed by atoms with Gasteiger partial charge in [-0.05, 0) is 49.8 Å². The minimum absolute atomic E-state index is 0.134. The Balaban J connectivity index is 1.98. The second-order valence-electron chi connectivity index (χ2n) is 6.06. The smallest absolute Gasteiger partial charge is 0.363 e. The summed E-state index contributed by atoms with van der Waals surface area (Å²) < 4.78 is 15.9. The predicted molar refractivity (Wildman–Crippen MR) is 106 cm³/mol. The Labute approximate surface area is 167 Å². The standard InChI is InChI=1S/C21H18ClNO5/c1-4-26-18-11-14(9-16(22)19(18)27-13(3)24)10-17-21(25)28-20(23-17)15-7-5-6-12(2)8-15/h5-11H,4H2,1-3H3/b17-10+. The van der Waals surface area contributed by atoms with E-state index < -0.39 is 11.9 Å². The molecule has 0 amide bonds. The molecular weight excluding hydrogens is 382 g/mol. The molecule has 0 N–H and O–H groups in total. The lowest BCUT2D eigenvalue weighted by molar-refractivity contribution is -0.132. The average molecular weight is 400 g/mol. The lowest BCUT2D eigenvalue weighted by Gasteiger charge is -2.12. The maximum absolute atomic E-state index is 12.2. The number of ether oxygens (including phenoxy) is 3. The minimum Gasteiger partial charge on any atom is -0.490 e. The number of cyclic esters (lactones) is 1. The number of hydrogen-bond acceptors (Lipinski definition) is 6. The highest BCUT2D eigenvalue weighted by molar-refractivity contribution is 6.32. The first-order chi connectivity index (χ1) is 13.4. The lowest BCUT2D eigenvalue weighted by Crippen LogP contribution is -2.06. The topological polar surface area (TPSA) is 74.2 Å². The van der Waals surface area contributed by atoms with Crippen LogP contribution in [0.1, 0.15) is 30.5 Å². The van der Waals surface area contributed by atoms with E-state index in [9.17, 15) is 9.59 Å². The number of carbonyl (C=O) groups excluding carboxylic acids is 2. The summed E-state index contributed by atoms with van der Waals surface area (Å²) >= 11 is 6.24. The molecule has 0 radical (unpaired) electrons. The van der Waals surface area contributed by atoms with E-state index in [1.807, 2.05) is 31.2 Å². The van der Waals surface area contributed by atoms with Crippen LogP contribution < -0.4 is 9.47 Å². The summed E-state index contributed by atoms with van der Waals surface area (Å²) in [6.07, 6.45) is 1.54. The molecule has 6 nitrogen and oxygen atoms in total. The molecule has 7 heteroatoms. The second-order valence-corrected chi connectivity index (χ2v) is 6.47. The minimum atomic E-state index is -0.561. The van der Waals surface area contributed by atoms with Gasteiger partial charge in [-0.1, -0.05) is 29.3 Å². The molecule has 3 rings (SSSR count). The molecule has 0 atom stereocenters. The third-order valence-electron chi connectivity index (χ3n) is 3.77. The van der Waals surface area contributed by atoms with Gasteiger partial charge in [0.15, 0.2) is 17.2 Å². The van der Waals surface area contributed by atoms with Crippen molar-refractivity contribution >= 4 is 35.5 Å². The van der Waals surface area contributed by atoms with E-state index in [2.05, 4.69) is 4.99 Å². The number of nitrogens with zero attached hydrogens (tertiary/aromatic N) is 1. The average Bonchev–Trinajstić information content (AvgIpc) is 2.99. The van der Waals surface area contributed by atoms with Gasteiger partial charge in [-0.2, -0.15) is 0 Å². The predicted octanol–water partition coefficient (Wildman–Crippen LogP) is 4.32. The van der Waals surface area contributed by atoms with Crippen molar-refractivity contribution in [3.8, 4) is 11.5 Å². The first kappa shape index (κ1) is 19.6. The summed E-state index contributed by atoms with van der Waals surface area (Å²) in [4.78, 5) is 27.8. The molecule has 2 aromatic rings. The maximum atomic E-state index is 12.2. The van der Waals surface area contributed by atoms with Crippen LogP contribution in [0, 0.1) is 6.92 Å². The Morgan fingerprint density at radius 3 is 2.75 bits per heavy atom. The number of benzene rings is 2. The normalized spacial score (nSPS) is 14.6. The summed E-state index contributed by atoms with van der Waals surface area (Å²) in [5, 5.41) is 0.183. The van der Waals surface area contributed by atoms with E-state index in [-0.39, 0.29) is 22.4 Å². The van der Waals surface area contributed by atoms with Crippen molar-refractivity contribution in [1.29, 1.82) is 0 Å². The van der Waals surface area contributed by atoms with Gasteiger partial charge >= 0.3 is 11.9 Å². The molecule has 0 fully saturated rings. The van der Waals surface area contributed by atoms with Crippen molar-refractivity contribution in [3.63, 3.8) is 0 Å². The van der Waals surface area contributed by atoms with E-state index in [0.717, 1.165) is 11.1 Å². The Morgan fingerprint density at radius 2 is 2.07 bits per heavy atom. The number of esters is 2. The van der Waals surface area contributed by atoms with Gasteiger partial charge in [0.25, 0.3) is 0 Å². The van der Waals surface area contributed by atoms with Gasteiger partial charge in [0, 0.05) is 12.5 Å². The van der Waals surface area contributed by atoms with E-state index in [1.165, 1.54) is 13.0 Å². The third kappa shape index (κ3) is 4.40. The van der Waals surface area contributed by atoms with Crippen molar-refractivity contribution < 1.29 is 23.8 Å². The van der Waals surface area contributed by atoms with Gasteiger partial charge in [-0.3, -0.25) is 4.79 Å². The lowest BCUT2D eigenvalue weighted by atomic mass is 10.1. The molecule has 1 aliphatic heterocycles. The van der Waals surface area contributed by atoms with E-state index in [1.54, 1.807) is 19.1 Å². The molecule has 0 aliphatic carbocycles. The molecule has 0 unspecified atom stereocenters. The van der Waals surface area contributed by atoms with Gasteiger partial charge in [0.05, 0.1) is 11.6 Å². The van der Waals surface area contributed by atoms with E-state index in [4.69, 9.17) is 25.8 Å². The number of carbonyl (C=O) groups is 2. The second kappa shape index (κ2) is 8.27. The molecule has 0 bridgehead atoms. The summed E-state index contributed by atoms with van der Waals surface area (Å²) in [7, 11) is 0. The van der Waals surface area contributed by atoms with Crippen molar-refractivity contribution in [2.24, 2.45) is 4.99 Å². The fourth-order valence-corrected chi connectivity index (χ4v) is 2.90. The summed E-state index contributed by atoms with van der Waals surface area (Å²) in [5.41, 5.74) is 2.44. The van der Waals surface area contributed by atoms with Crippen LogP contribution in [0.3, 0.4) is 0 Å². The van der Waals surface area contributed by atoms with Gasteiger partial charge in [-0.15, -0.1) is 0 Å². The number of rotatable bonds is 5. The van der Waals surface area contributed by atoms with Crippen molar-refractivity contribution in [1.82, 2.24) is 0 Å². The molecular formula is C21H18ClNO5. The van der Waals surface area contributed by atoms with E-state index in [0.29, 0.717) is 17.9 Å². The molecule has 1 heterocycles. The Morgan fingerprint density at radius 1 is 1.29 bits per heavy atom. The van der Waals surface area contributed by atoms with Crippen LogP contribution >= 0.6 is 11.6 Å². The fourth-order valence-electron chi connectivity index (χ4n) is 2.65. The van der Waals surface area contributed by atoms with Crippen LogP contribution in [0.4, 0.5) is 0 Å². The fraction of sp³-hybridized carbons (Fsp3) is 0.190. The number of aliphatic imine (C=N–C) groups is 1. The largest absolute Gasteiger partial charge is 0.490 e. The Bertz CT molecular complexity index is 1010. The zero-order chi connectivity index (χ0) is 20.3. The Kier molecular flexibility index (Phi) is 5.80. The molecule has 2 aromatic carbocycles. The zero-order valence-electron chi connectivity index (χ0n) is 15.6. The van der Waals surface area contributed by atoms with Gasteiger partial charge in [0.1, 0.15) is 0 Å². The highest BCUT2D eigenvalue weighted by Crippen LogP contribution is 2.37. The van der Waals surface area contributed by atoms with Crippen molar-refractivity contribution in [3.05, 3.63) is 63.8 Å². The van der Waals surface area contributed by atoms with Gasteiger partial charge < -0.3 is 14.2 Å². The van der Waals surface area contributed by atoms with Crippen molar-refractivity contribution in [2.45, 2.75) is 20.8 Å². The number of halogens is 1. The SMILES string of the molecule is CCOc1cc(/C=C2/N=C(c3cccc(C)c3)OC2=O)cc(Cl)c1OC(C)=O. The monoisotopic (exact) mass is 399 g/mol. The van der Waals surface area contributed by atoms with Crippen LogP contribution in [0.15, 0.2) is 47.1 Å². The highest BCUT2D eigenvalue weighted by atomic mass is 35.5. The summed E-state index contributed by atoms with van der Waals surface area (Å²) in [5.74, 6) is -0.398. The molecule has 28 heavy (non-hydrogen) atoms. The van der Waals surface area contributed by atoms with E-state index >= 15 is 0 Å². The van der Waals surface area contributed by atoms with Crippen LogP contribution in [-0.2, 0) is 14.3 Å². The van der Waals surface area contributed by atoms with Crippen LogP contribution in [0.25, 0.3) is 6.08 Å². The molecule has 0 spiro atoms. The van der Waals surface area contributed by atoms with Crippen LogP contribution in [0.2, 0.25) is 5.02 Å². The molecule has 1 aliphatic rings. The first-order valence-electron chi connectivity index (χ1n) is 8.61. The first-order valence-corrected chi connectivity index (χ1v) is 8.99. The quantitative estimate of drug-likeness (QED) is 0.425. The van der Waals surface area contributed by atoms with Gasteiger partial charge in [-0.25, -0.2) is 9.79 Å². The van der Waals surface area contributed by atoms with Crippen LogP contribution in [0.5, 0.6) is 11.5 Å². The third-order valence-corrected chi connectivity index (χ3v) is 4.05.